The predicted octanol–water partition coefficient (Wildman–Crippen LogP) is 3.74. The molecule has 0 fully saturated rings. The fourth-order valence-electron chi connectivity index (χ4n) is 3.23. The van der Waals surface area contributed by atoms with Gasteiger partial charge in [-0.1, -0.05) is 11.6 Å². The number of hydrogen-bond acceptors (Lipinski definition) is 5. The van der Waals surface area contributed by atoms with E-state index in [2.05, 4.69) is 5.32 Å². The number of amides is 1. The minimum atomic E-state index is -4.15. The molecule has 3 rings (SSSR count). The molecule has 0 atom stereocenters. The Balaban J connectivity index is 1.99. The molecule has 3 aromatic rings. The molecule has 168 valence electrons. The number of hydrogen-bond donors (Lipinski definition) is 1. The molecule has 2 aromatic carbocycles. The lowest BCUT2D eigenvalue weighted by molar-refractivity contribution is -0.116. The van der Waals surface area contributed by atoms with E-state index in [1.165, 1.54) is 50.4 Å². The van der Waals surface area contributed by atoms with Crippen molar-refractivity contribution in [3.63, 3.8) is 0 Å². The largest absolute Gasteiger partial charge is 0.497 e. The summed E-state index contributed by atoms with van der Waals surface area (Å²) in [6, 6.07) is 10.6. The molecule has 0 unspecified atom stereocenters. The Bertz CT molecular complexity index is 1350. The Labute approximate surface area is 189 Å². The molecule has 32 heavy (non-hydrogen) atoms. The number of nitrogens with one attached hydrogen (secondary N) is 1. The first kappa shape index (κ1) is 23.5. The number of ether oxygens (including phenoxy) is 1. The molecular weight excluding hydrogens is 459 g/mol. The summed E-state index contributed by atoms with van der Waals surface area (Å²) in [4.78, 5) is 25.2. The number of nitrogens with zero attached hydrogens (tertiary/aromatic N) is 1. The maximum Gasteiger partial charge on any atom is 0.270 e. The summed E-state index contributed by atoms with van der Waals surface area (Å²) in [5.74, 6) is -0.717. The quantitative estimate of drug-likeness (QED) is 0.582. The number of benzene rings is 2. The predicted molar refractivity (Wildman–Crippen MR) is 119 cm³/mol. The van der Waals surface area contributed by atoms with Gasteiger partial charge in [0.1, 0.15) is 23.0 Å². The minimum absolute atomic E-state index is 0.00547. The molecule has 0 bridgehead atoms. The Morgan fingerprint density at radius 2 is 1.78 bits per heavy atom. The maximum absolute atomic E-state index is 13.2. The molecule has 1 aromatic heterocycles. The van der Waals surface area contributed by atoms with Crippen molar-refractivity contribution in [2.75, 3.05) is 12.4 Å². The lowest BCUT2D eigenvalue weighted by Gasteiger charge is -2.15. The van der Waals surface area contributed by atoms with Crippen molar-refractivity contribution < 1.29 is 22.3 Å². The van der Waals surface area contributed by atoms with Gasteiger partial charge < -0.3 is 14.6 Å². The van der Waals surface area contributed by atoms with Crippen LogP contribution in [-0.2, 0) is 21.2 Å². The first-order valence-corrected chi connectivity index (χ1v) is 11.3. The summed E-state index contributed by atoms with van der Waals surface area (Å²) in [5.41, 5.74) is 0.0173. The van der Waals surface area contributed by atoms with Gasteiger partial charge in [0.2, 0.25) is 15.7 Å². The molecule has 0 radical (unpaired) electrons. The molecule has 0 aliphatic carbocycles. The number of rotatable bonds is 6. The standard InChI is InChI=1S/C22H20ClFN2O5S/c1-13-10-14(2)26(12-20(27)25-19-9-4-15(24)11-18(19)23)22(28)21(13)32(29,30)17-7-5-16(31-3)6-8-17/h4-11H,12H2,1-3H3,(H,25,27). The number of aryl methyl sites for hydroxylation is 2. The van der Waals surface area contributed by atoms with Crippen molar-refractivity contribution in [2.45, 2.75) is 30.2 Å². The fourth-order valence-corrected chi connectivity index (χ4v) is 5.00. The summed E-state index contributed by atoms with van der Waals surface area (Å²) in [5, 5.41) is 2.49. The molecule has 0 aliphatic heterocycles. The number of methoxy groups -OCH3 is 1. The number of carbonyl (C=O) groups is 1. The van der Waals surface area contributed by atoms with E-state index in [1.54, 1.807) is 6.92 Å². The summed E-state index contributed by atoms with van der Waals surface area (Å²) in [7, 11) is -2.70. The van der Waals surface area contributed by atoms with Gasteiger partial charge in [-0.2, -0.15) is 0 Å². The van der Waals surface area contributed by atoms with Crippen LogP contribution >= 0.6 is 11.6 Å². The average molecular weight is 479 g/mol. The molecule has 10 heteroatoms. The summed E-state index contributed by atoms with van der Waals surface area (Å²) < 4.78 is 45.7. The Kier molecular flexibility index (Phi) is 6.71. The van der Waals surface area contributed by atoms with Gasteiger partial charge in [0.15, 0.2) is 0 Å². The van der Waals surface area contributed by atoms with E-state index in [0.717, 1.165) is 16.7 Å². The van der Waals surface area contributed by atoms with Crippen LogP contribution in [0.15, 0.2) is 63.1 Å². The van der Waals surface area contributed by atoms with Crippen LogP contribution in [0.2, 0.25) is 5.02 Å². The average Bonchev–Trinajstić information content (AvgIpc) is 2.73. The number of carbonyl (C=O) groups excluding carboxylic acids is 1. The monoisotopic (exact) mass is 478 g/mol. The molecule has 1 N–H and O–H groups in total. The second-order valence-electron chi connectivity index (χ2n) is 7.04. The number of sulfone groups is 1. The lowest BCUT2D eigenvalue weighted by atomic mass is 10.2. The van der Waals surface area contributed by atoms with E-state index in [1.807, 2.05) is 0 Å². The third-order valence-electron chi connectivity index (χ3n) is 4.79. The lowest BCUT2D eigenvalue weighted by Crippen LogP contribution is -2.33. The Hall–Kier alpha value is -3.17. The zero-order valence-electron chi connectivity index (χ0n) is 17.5. The van der Waals surface area contributed by atoms with Gasteiger partial charge in [-0.25, -0.2) is 12.8 Å². The molecule has 7 nitrogen and oxygen atoms in total. The van der Waals surface area contributed by atoms with E-state index in [0.29, 0.717) is 11.4 Å². The summed E-state index contributed by atoms with van der Waals surface area (Å²) in [6.45, 7) is 2.66. The van der Waals surface area contributed by atoms with Crippen molar-refractivity contribution in [3.05, 3.63) is 81.0 Å². The number of aromatic nitrogens is 1. The van der Waals surface area contributed by atoms with Gasteiger partial charge >= 0.3 is 0 Å². The highest BCUT2D eigenvalue weighted by molar-refractivity contribution is 7.91. The smallest absolute Gasteiger partial charge is 0.270 e. The van der Waals surface area contributed by atoms with E-state index < -0.39 is 38.6 Å². The van der Waals surface area contributed by atoms with Crippen molar-refractivity contribution in [1.29, 1.82) is 0 Å². The topological polar surface area (TPSA) is 94.5 Å². The van der Waals surface area contributed by atoms with E-state index in [-0.39, 0.29) is 21.2 Å². The third kappa shape index (κ3) is 4.68. The molecule has 0 spiro atoms. The van der Waals surface area contributed by atoms with Crippen LogP contribution in [0, 0.1) is 19.7 Å². The molecule has 0 aliphatic rings. The van der Waals surface area contributed by atoms with Crippen LogP contribution in [0.5, 0.6) is 5.75 Å². The van der Waals surface area contributed by atoms with Gasteiger partial charge in [0, 0.05) is 5.69 Å². The molecule has 0 saturated heterocycles. The Morgan fingerprint density at radius 1 is 1.12 bits per heavy atom. The fraction of sp³-hybridized carbons (Fsp3) is 0.182. The normalized spacial score (nSPS) is 11.3. The van der Waals surface area contributed by atoms with Crippen LogP contribution in [0.4, 0.5) is 10.1 Å². The molecular formula is C22H20ClFN2O5S. The molecule has 0 saturated carbocycles. The van der Waals surface area contributed by atoms with E-state index in [9.17, 15) is 22.4 Å². The van der Waals surface area contributed by atoms with Crippen LogP contribution in [0.1, 0.15) is 11.3 Å². The molecule has 1 heterocycles. The number of pyridine rings is 1. The first-order valence-electron chi connectivity index (χ1n) is 9.39. The number of halogens is 2. The summed E-state index contributed by atoms with van der Waals surface area (Å²) in [6.07, 6.45) is 0. The minimum Gasteiger partial charge on any atom is -0.497 e. The van der Waals surface area contributed by atoms with Crippen molar-refractivity contribution >= 4 is 33.0 Å². The third-order valence-corrected chi connectivity index (χ3v) is 7.03. The van der Waals surface area contributed by atoms with Crippen LogP contribution in [0.3, 0.4) is 0 Å². The van der Waals surface area contributed by atoms with Crippen LogP contribution in [0.25, 0.3) is 0 Å². The van der Waals surface area contributed by atoms with Crippen LogP contribution in [-0.4, -0.2) is 26.0 Å². The van der Waals surface area contributed by atoms with Crippen molar-refractivity contribution in [1.82, 2.24) is 4.57 Å². The van der Waals surface area contributed by atoms with Crippen molar-refractivity contribution in [3.8, 4) is 5.75 Å². The Morgan fingerprint density at radius 3 is 2.38 bits per heavy atom. The second-order valence-corrected chi connectivity index (χ2v) is 9.33. The van der Waals surface area contributed by atoms with Gasteiger partial charge in [-0.05, 0) is 67.9 Å². The van der Waals surface area contributed by atoms with Crippen molar-refractivity contribution in [2.24, 2.45) is 0 Å². The SMILES string of the molecule is COc1ccc(S(=O)(=O)c2c(C)cc(C)n(CC(=O)Nc3ccc(F)cc3Cl)c2=O)cc1. The highest BCUT2D eigenvalue weighted by Crippen LogP contribution is 2.25. The second kappa shape index (κ2) is 9.13. The van der Waals surface area contributed by atoms with E-state index in [4.69, 9.17) is 16.3 Å². The number of anilines is 1. The highest BCUT2D eigenvalue weighted by Gasteiger charge is 2.26. The van der Waals surface area contributed by atoms with Gasteiger partial charge in [-0.3, -0.25) is 9.59 Å². The maximum atomic E-state index is 13.2. The zero-order chi connectivity index (χ0) is 23.6. The van der Waals surface area contributed by atoms with Gasteiger partial charge in [0.25, 0.3) is 5.56 Å². The van der Waals surface area contributed by atoms with Gasteiger partial charge in [0.05, 0.1) is 22.7 Å². The highest BCUT2D eigenvalue weighted by atomic mass is 35.5. The first-order chi connectivity index (χ1) is 15.0. The van der Waals surface area contributed by atoms with E-state index >= 15 is 0 Å². The molecule has 1 amide bonds. The van der Waals surface area contributed by atoms with Crippen LogP contribution < -0.4 is 15.6 Å². The zero-order valence-corrected chi connectivity index (χ0v) is 19.1. The van der Waals surface area contributed by atoms with Gasteiger partial charge in [-0.15, -0.1) is 0 Å². The summed E-state index contributed by atoms with van der Waals surface area (Å²) >= 11 is 5.92.